The summed E-state index contributed by atoms with van der Waals surface area (Å²) >= 11 is 0. The third-order valence-electron chi connectivity index (χ3n) is 1.94. The standard InChI is InChI=1S/C8H13N5O3/c1-3(2)4(7(15)16)10-6(14)5-11-8(9)13-12-5/h3-4H,1-2H3,(H,10,14)(H,15,16)(H3,9,11,12,13)/t4-/m0/s1. The third kappa shape index (κ3) is 2.69. The Kier molecular flexibility index (Phi) is 3.44. The summed E-state index contributed by atoms with van der Waals surface area (Å²) in [6, 6.07) is -0.973. The van der Waals surface area contributed by atoms with Gasteiger partial charge in [-0.2, -0.15) is 4.98 Å². The summed E-state index contributed by atoms with van der Waals surface area (Å²) in [5, 5.41) is 16.9. The highest BCUT2D eigenvalue weighted by molar-refractivity contribution is 5.93. The number of nitrogens with one attached hydrogen (secondary N) is 2. The monoisotopic (exact) mass is 227 g/mol. The number of aromatic amines is 1. The Bertz CT molecular complexity index is 400. The molecule has 0 aliphatic rings. The summed E-state index contributed by atoms with van der Waals surface area (Å²) in [4.78, 5) is 25.9. The van der Waals surface area contributed by atoms with Gasteiger partial charge in [0.05, 0.1) is 0 Å². The van der Waals surface area contributed by atoms with Gasteiger partial charge in [-0.1, -0.05) is 13.8 Å². The molecule has 0 aromatic carbocycles. The number of anilines is 1. The predicted octanol–water partition coefficient (Wildman–Crippen LogP) is -0.774. The van der Waals surface area contributed by atoms with E-state index >= 15 is 0 Å². The quantitative estimate of drug-likeness (QED) is 0.533. The van der Waals surface area contributed by atoms with Crippen LogP contribution in [-0.2, 0) is 4.79 Å². The number of hydrogen-bond acceptors (Lipinski definition) is 5. The number of amides is 1. The van der Waals surface area contributed by atoms with Gasteiger partial charge in [0.25, 0.3) is 5.91 Å². The van der Waals surface area contributed by atoms with Gasteiger partial charge in [0.1, 0.15) is 6.04 Å². The van der Waals surface area contributed by atoms with Crippen LogP contribution in [0.25, 0.3) is 0 Å². The number of aromatic nitrogens is 3. The maximum Gasteiger partial charge on any atom is 0.326 e. The van der Waals surface area contributed by atoms with Gasteiger partial charge >= 0.3 is 5.97 Å². The van der Waals surface area contributed by atoms with Crippen molar-refractivity contribution >= 4 is 17.8 Å². The molecule has 0 aliphatic heterocycles. The third-order valence-corrected chi connectivity index (χ3v) is 1.94. The molecule has 8 heteroatoms. The normalized spacial score (nSPS) is 12.4. The fraction of sp³-hybridized carbons (Fsp3) is 0.500. The van der Waals surface area contributed by atoms with Crippen molar-refractivity contribution in [1.29, 1.82) is 0 Å². The van der Waals surface area contributed by atoms with Crippen LogP contribution in [0.5, 0.6) is 0 Å². The molecule has 0 unspecified atom stereocenters. The molecule has 0 radical (unpaired) electrons. The fourth-order valence-corrected chi connectivity index (χ4v) is 1.10. The van der Waals surface area contributed by atoms with Crippen LogP contribution in [0.1, 0.15) is 24.5 Å². The molecule has 5 N–H and O–H groups in total. The largest absolute Gasteiger partial charge is 0.480 e. The van der Waals surface area contributed by atoms with Crippen molar-refractivity contribution in [3.63, 3.8) is 0 Å². The predicted molar refractivity (Wildman–Crippen MR) is 54.5 cm³/mol. The van der Waals surface area contributed by atoms with Crippen molar-refractivity contribution in [3.05, 3.63) is 5.82 Å². The lowest BCUT2D eigenvalue weighted by Gasteiger charge is -2.16. The highest BCUT2D eigenvalue weighted by atomic mass is 16.4. The van der Waals surface area contributed by atoms with E-state index in [1.165, 1.54) is 0 Å². The first-order valence-corrected chi connectivity index (χ1v) is 4.63. The second-order valence-corrected chi connectivity index (χ2v) is 3.58. The van der Waals surface area contributed by atoms with Crippen LogP contribution in [0.2, 0.25) is 0 Å². The van der Waals surface area contributed by atoms with Gasteiger partial charge in [-0.15, -0.1) is 5.10 Å². The molecule has 0 fully saturated rings. The first-order valence-electron chi connectivity index (χ1n) is 4.63. The van der Waals surface area contributed by atoms with Crippen molar-refractivity contribution in [2.75, 3.05) is 5.73 Å². The molecule has 1 aromatic rings. The molecule has 16 heavy (non-hydrogen) atoms. The Labute approximate surface area is 91.2 Å². The van der Waals surface area contributed by atoms with E-state index in [0.29, 0.717) is 0 Å². The SMILES string of the molecule is CC(C)[C@H](NC(=O)c1nc(N)n[nH]1)C(=O)O. The zero-order valence-electron chi connectivity index (χ0n) is 8.89. The second kappa shape index (κ2) is 4.60. The molecule has 1 amide bonds. The maximum absolute atomic E-state index is 11.5. The number of carbonyl (C=O) groups is 2. The lowest BCUT2D eigenvalue weighted by atomic mass is 10.1. The Hall–Kier alpha value is -2.12. The lowest BCUT2D eigenvalue weighted by molar-refractivity contribution is -0.140. The molecule has 0 aliphatic carbocycles. The minimum Gasteiger partial charge on any atom is -0.480 e. The van der Waals surface area contributed by atoms with Gasteiger partial charge in [0.15, 0.2) is 0 Å². The summed E-state index contributed by atoms with van der Waals surface area (Å²) < 4.78 is 0. The molecule has 8 nitrogen and oxygen atoms in total. The van der Waals surface area contributed by atoms with Crippen molar-refractivity contribution in [1.82, 2.24) is 20.5 Å². The Morgan fingerprint density at radius 1 is 1.50 bits per heavy atom. The average Bonchev–Trinajstić information content (AvgIpc) is 2.59. The fourth-order valence-electron chi connectivity index (χ4n) is 1.10. The van der Waals surface area contributed by atoms with Gasteiger partial charge in [-0.3, -0.25) is 9.89 Å². The number of carboxylic acids is 1. The Morgan fingerprint density at radius 2 is 2.12 bits per heavy atom. The number of rotatable bonds is 4. The molecule has 1 heterocycles. The second-order valence-electron chi connectivity index (χ2n) is 3.58. The van der Waals surface area contributed by atoms with E-state index < -0.39 is 17.9 Å². The number of H-pyrrole nitrogens is 1. The van der Waals surface area contributed by atoms with E-state index in [1.807, 2.05) is 0 Å². The van der Waals surface area contributed by atoms with Gasteiger partial charge in [0.2, 0.25) is 11.8 Å². The van der Waals surface area contributed by atoms with Crippen LogP contribution in [0.4, 0.5) is 5.95 Å². The summed E-state index contributed by atoms with van der Waals surface area (Å²) in [7, 11) is 0. The number of carboxylic acid groups (broad SMARTS) is 1. The van der Waals surface area contributed by atoms with E-state index in [4.69, 9.17) is 10.8 Å². The van der Waals surface area contributed by atoms with Gasteiger partial charge in [-0.05, 0) is 5.92 Å². The van der Waals surface area contributed by atoms with Gasteiger partial charge in [-0.25, -0.2) is 4.79 Å². The number of carbonyl (C=O) groups excluding carboxylic acids is 1. The zero-order valence-corrected chi connectivity index (χ0v) is 8.89. The summed E-state index contributed by atoms with van der Waals surface area (Å²) in [5.41, 5.74) is 5.22. The molecule has 0 spiro atoms. The minimum atomic E-state index is -1.10. The van der Waals surface area contributed by atoms with E-state index in [2.05, 4.69) is 20.5 Å². The minimum absolute atomic E-state index is 0.0680. The highest BCUT2D eigenvalue weighted by Crippen LogP contribution is 2.03. The molecular weight excluding hydrogens is 214 g/mol. The first-order chi connectivity index (χ1) is 7.41. The summed E-state index contributed by atoms with van der Waals surface area (Å²) in [5.74, 6) is -2.16. The molecule has 0 bridgehead atoms. The van der Waals surface area contributed by atoms with Crippen LogP contribution >= 0.6 is 0 Å². The van der Waals surface area contributed by atoms with E-state index in [-0.39, 0.29) is 17.7 Å². The van der Waals surface area contributed by atoms with Crippen LogP contribution in [0.15, 0.2) is 0 Å². The van der Waals surface area contributed by atoms with Crippen molar-refractivity contribution < 1.29 is 14.7 Å². The number of nitrogen functional groups attached to an aromatic ring is 1. The number of hydrogen-bond donors (Lipinski definition) is 4. The zero-order chi connectivity index (χ0) is 12.3. The maximum atomic E-state index is 11.5. The van der Waals surface area contributed by atoms with Crippen LogP contribution in [0.3, 0.4) is 0 Å². The van der Waals surface area contributed by atoms with E-state index in [9.17, 15) is 9.59 Å². The van der Waals surface area contributed by atoms with Crippen LogP contribution in [0, 0.1) is 5.92 Å². The Morgan fingerprint density at radius 3 is 2.50 bits per heavy atom. The number of nitrogens with two attached hydrogens (primary N) is 1. The van der Waals surface area contributed by atoms with Gasteiger partial charge in [0, 0.05) is 0 Å². The molecule has 88 valence electrons. The summed E-state index contributed by atoms with van der Waals surface area (Å²) in [6.07, 6.45) is 0. The smallest absolute Gasteiger partial charge is 0.326 e. The van der Waals surface area contributed by atoms with Crippen molar-refractivity contribution in [2.45, 2.75) is 19.9 Å². The van der Waals surface area contributed by atoms with E-state index in [0.717, 1.165) is 0 Å². The first kappa shape index (κ1) is 12.0. The molecule has 1 atom stereocenters. The van der Waals surface area contributed by atoms with Gasteiger partial charge < -0.3 is 16.2 Å². The number of aliphatic carboxylic acids is 1. The molecule has 0 saturated carbocycles. The topological polar surface area (TPSA) is 134 Å². The summed E-state index contributed by atoms with van der Waals surface area (Å²) in [6.45, 7) is 3.38. The highest BCUT2D eigenvalue weighted by Gasteiger charge is 2.25. The van der Waals surface area contributed by atoms with Crippen LogP contribution in [-0.4, -0.2) is 38.2 Å². The van der Waals surface area contributed by atoms with Crippen molar-refractivity contribution in [2.24, 2.45) is 5.92 Å². The van der Waals surface area contributed by atoms with Crippen molar-refractivity contribution in [3.8, 4) is 0 Å². The number of nitrogens with zero attached hydrogens (tertiary/aromatic N) is 2. The van der Waals surface area contributed by atoms with Crippen LogP contribution < -0.4 is 11.1 Å². The molecule has 1 rings (SSSR count). The Balaban J connectivity index is 2.73. The molecule has 0 saturated heterocycles. The molecule has 1 aromatic heterocycles. The average molecular weight is 227 g/mol. The van der Waals surface area contributed by atoms with E-state index in [1.54, 1.807) is 13.8 Å². The molecular formula is C8H13N5O3. The lowest BCUT2D eigenvalue weighted by Crippen LogP contribution is -2.44.